The highest BCUT2D eigenvalue weighted by Gasteiger charge is 2.25. The Bertz CT molecular complexity index is 271. The highest BCUT2D eigenvalue weighted by atomic mass is 16.5. The number of hydrogen-bond acceptors (Lipinski definition) is 4. The van der Waals surface area contributed by atoms with E-state index in [1.807, 2.05) is 19.1 Å². The van der Waals surface area contributed by atoms with Crippen molar-refractivity contribution in [3.8, 4) is 0 Å². The highest BCUT2D eigenvalue weighted by molar-refractivity contribution is 5.72. The predicted octanol–water partition coefficient (Wildman–Crippen LogP) is 0.618. The molecule has 0 radical (unpaired) electrons. The van der Waals surface area contributed by atoms with Crippen LogP contribution in [0.4, 0.5) is 4.79 Å². The molecule has 3 atom stereocenters. The van der Waals surface area contributed by atoms with Gasteiger partial charge in [-0.1, -0.05) is 12.2 Å². The molecule has 2 amide bonds. The molecular formula is C12H24N2O4. The number of methoxy groups -OCH3 is 3. The molecule has 0 aliphatic rings. The van der Waals surface area contributed by atoms with Crippen LogP contribution in [0, 0.1) is 0 Å². The number of carbonyl (C=O) groups is 1. The standard InChI is InChI=1S/C12H24N2O4/c1-9(17-4)6-7-11(18-5)10(8-16-3)14(2)12(13)15/h6-7,9-11H,8H2,1-5H3,(H2,13,15)/b7-6+/t9?,10-,11+/m0/s1. The Labute approximate surface area is 109 Å². The molecule has 0 saturated heterocycles. The summed E-state index contributed by atoms with van der Waals surface area (Å²) in [7, 11) is 6.38. The fraction of sp³-hybridized carbons (Fsp3) is 0.750. The number of likely N-dealkylation sites (N-methyl/N-ethyl adjacent to an activating group) is 1. The molecule has 0 heterocycles. The first-order valence-electron chi connectivity index (χ1n) is 5.73. The number of rotatable bonds is 8. The average Bonchev–Trinajstić information content (AvgIpc) is 2.36. The van der Waals surface area contributed by atoms with Gasteiger partial charge in [0.25, 0.3) is 0 Å². The molecular weight excluding hydrogens is 236 g/mol. The van der Waals surface area contributed by atoms with Crippen molar-refractivity contribution >= 4 is 6.03 Å². The molecule has 0 rings (SSSR count). The Kier molecular flexibility index (Phi) is 8.36. The third-order valence-electron chi connectivity index (χ3n) is 2.78. The quantitative estimate of drug-likeness (QED) is 0.649. The predicted molar refractivity (Wildman–Crippen MR) is 69.4 cm³/mol. The van der Waals surface area contributed by atoms with Gasteiger partial charge in [0.1, 0.15) is 0 Å². The Morgan fingerprint density at radius 3 is 2.28 bits per heavy atom. The van der Waals surface area contributed by atoms with Crippen molar-refractivity contribution in [2.75, 3.05) is 35.0 Å². The third-order valence-corrected chi connectivity index (χ3v) is 2.78. The van der Waals surface area contributed by atoms with Gasteiger partial charge in [-0.15, -0.1) is 0 Å². The average molecular weight is 260 g/mol. The fourth-order valence-electron chi connectivity index (χ4n) is 1.47. The maximum atomic E-state index is 11.2. The summed E-state index contributed by atoms with van der Waals surface area (Å²) in [4.78, 5) is 12.6. The molecule has 0 saturated carbocycles. The van der Waals surface area contributed by atoms with E-state index in [-0.39, 0.29) is 18.2 Å². The summed E-state index contributed by atoms with van der Waals surface area (Å²) < 4.78 is 15.6. The van der Waals surface area contributed by atoms with Crippen LogP contribution in [-0.2, 0) is 14.2 Å². The molecule has 0 fully saturated rings. The molecule has 1 unspecified atom stereocenters. The van der Waals surface area contributed by atoms with Crippen LogP contribution in [0.1, 0.15) is 6.92 Å². The van der Waals surface area contributed by atoms with Crippen LogP contribution in [0.3, 0.4) is 0 Å². The second-order valence-electron chi connectivity index (χ2n) is 4.00. The molecule has 6 heteroatoms. The van der Waals surface area contributed by atoms with Crippen molar-refractivity contribution in [1.29, 1.82) is 0 Å². The first kappa shape index (κ1) is 16.9. The van der Waals surface area contributed by atoms with E-state index in [1.54, 1.807) is 28.4 Å². The minimum Gasteiger partial charge on any atom is -0.382 e. The van der Waals surface area contributed by atoms with Crippen LogP contribution in [0.2, 0.25) is 0 Å². The summed E-state index contributed by atoms with van der Waals surface area (Å²) in [6.07, 6.45) is 3.38. The lowest BCUT2D eigenvalue weighted by molar-refractivity contribution is 0.0260. The second-order valence-corrected chi connectivity index (χ2v) is 4.00. The Balaban J connectivity index is 4.81. The fourth-order valence-corrected chi connectivity index (χ4v) is 1.47. The molecule has 0 aliphatic carbocycles. The van der Waals surface area contributed by atoms with E-state index in [4.69, 9.17) is 19.9 Å². The molecule has 0 aromatic heterocycles. The Morgan fingerprint density at radius 1 is 1.28 bits per heavy atom. The van der Waals surface area contributed by atoms with Gasteiger partial charge in [0, 0.05) is 28.4 Å². The van der Waals surface area contributed by atoms with Crippen molar-refractivity contribution in [3.05, 3.63) is 12.2 Å². The molecule has 0 aliphatic heterocycles. The van der Waals surface area contributed by atoms with E-state index < -0.39 is 6.03 Å². The number of carbonyl (C=O) groups excluding carboxylic acids is 1. The molecule has 0 bridgehead atoms. The van der Waals surface area contributed by atoms with Gasteiger partial charge < -0.3 is 24.8 Å². The van der Waals surface area contributed by atoms with Gasteiger partial charge in [-0.25, -0.2) is 4.79 Å². The van der Waals surface area contributed by atoms with Crippen molar-refractivity contribution in [1.82, 2.24) is 4.90 Å². The maximum Gasteiger partial charge on any atom is 0.314 e. The third kappa shape index (κ3) is 5.48. The summed E-state index contributed by atoms with van der Waals surface area (Å²) >= 11 is 0. The largest absolute Gasteiger partial charge is 0.382 e. The van der Waals surface area contributed by atoms with E-state index in [1.165, 1.54) is 4.90 Å². The van der Waals surface area contributed by atoms with E-state index >= 15 is 0 Å². The second kappa shape index (κ2) is 8.91. The van der Waals surface area contributed by atoms with Gasteiger partial charge in [0.05, 0.1) is 24.9 Å². The summed E-state index contributed by atoms with van der Waals surface area (Å²) in [5, 5.41) is 0. The van der Waals surface area contributed by atoms with Gasteiger partial charge in [0.2, 0.25) is 0 Å². The van der Waals surface area contributed by atoms with Crippen LogP contribution < -0.4 is 5.73 Å². The number of hydrogen-bond donors (Lipinski definition) is 1. The first-order chi connectivity index (χ1) is 8.47. The van der Waals surface area contributed by atoms with Gasteiger partial charge in [0.15, 0.2) is 0 Å². The lowest BCUT2D eigenvalue weighted by Crippen LogP contribution is -2.49. The zero-order valence-corrected chi connectivity index (χ0v) is 11.8. The van der Waals surface area contributed by atoms with Crippen molar-refractivity contribution in [2.45, 2.75) is 25.2 Å². The number of ether oxygens (including phenoxy) is 3. The minimum absolute atomic E-state index is 0.0234. The molecule has 6 nitrogen and oxygen atoms in total. The number of urea groups is 1. The van der Waals surface area contributed by atoms with Gasteiger partial charge in [-0.05, 0) is 6.92 Å². The topological polar surface area (TPSA) is 74.0 Å². The van der Waals surface area contributed by atoms with E-state index in [0.717, 1.165) is 0 Å². The van der Waals surface area contributed by atoms with E-state index in [2.05, 4.69) is 0 Å². The van der Waals surface area contributed by atoms with Gasteiger partial charge in [-0.2, -0.15) is 0 Å². The number of amides is 2. The number of nitrogens with zero attached hydrogens (tertiary/aromatic N) is 1. The number of nitrogens with two attached hydrogens (primary N) is 1. The molecule has 18 heavy (non-hydrogen) atoms. The lowest BCUT2D eigenvalue weighted by atomic mass is 10.1. The zero-order chi connectivity index (χ0) is 14.1. The van der Waals surface area contributed by atoms with E-state index in [9.17, 15) is 4.79 Å². The monoisotopic (exact) mass is 260 g/mol. The Hall–Kier alpha value is -1.11. The van der Waals surface area contributed by atoms with Gasteiger partial charge >= 0.3 is 6.03 Å². The highest BCUT2D eigenvalue weighted by Crippen LogP contribution is 2.09. The van der Waals surface area contributed by atoms with Crippen molar-refractivity contribution in [2.24, 2.45) is 5.73 Å². The smallest absolute Gasteiger partial charge is 0.314 e. The van der Waals surface area contributed by atoms with Crippen LogP contribution >= 0.6 is 0 Å². The summed E-state index contributed by atoms with van der Waals surface area (Å²) in [6.45, 7) is 2.25. The minimum atomic E-state index is -0.521. The first-order valence-corrected chi connectivity index (χ1v) is 5.73. The summed E-state index contributed by atoms with van der Waals surface area (Å²) in [6, 6.07) is -0.801. The van der Waals surface area contributed by atoms with Crippen LogP contribution in [0.15, 0.2) is 12.2 Å². The Morgan fingerprint density at radius 2 is 1.89 bits per heavy atom. The van der Waals surface area contributed by atoms with Gasteiger partial charge in [-0.3, -0.25) is 0 Å². The van der Waals surface area contributed by atoms with Crippen LogP contribution in [0.25, 0.3) is 0 Å². The summed E-state index contributed by atoms with van der Waals surface area (Å²) in [5.74, 6) is 0. The maximum absolute atomic E-state index is 11.2. The molecule has 106 valence electrons. The van der Waals surface area contributed by atoms with Crippen molar-refractivity contribution < 1.29 is 19.0 Å². The molecule has 2 N–H and O–H groups in total. The lowest BCUT2D eigenvalue weighted by Gasteiger charge is -2.30. The van der Waals surface area contributed by atoms with Crippen LogP contribution in [-0.4, -0.2) is 64.2 Å². The molecule has 0 aromatic carbocycles. The zero-order valence-electron chi connectivity index (χ0n) is 11.8. The van der Waals surface area contributed by atoms with Crippen molar-refractivity contribution in [3.63, 3.8) is 0 Å². The SMILES string of the molecule is COC[C@@H]([C@@H](/C=C/C(C)OC)OC)N(C)C(N)=O. The molecule has 0 spiro atoms. The van der Waals surface area contributed by atoms with Crippen LogP contribution in [0.5, 0.6) is 0 Å². The molecule has 0 aromatic rings. The summed E-state index contributed by atoms with van der Waals surface area (Å²) in [5.41, 5.74) is 5.27. The number of primary amides is 1. The normalized spacial score (nSPS) is 16.5. The van der Waals surface area contributed by atoms with E-state index in [0.29, 0.717) is 6.61 Å².